The molecule has 1 aromatic heterocycles. The first-order valence-electron chi connectivity index (χ1n) is 12.0. The number of amides is 3. The van der Waals surface area contributed by atoms with Gasteiger partial charge >= 0.3 is 5.97 Å². The Morgan fingerprint density at radius 2 is 1.66 bits per heavy atom. The fourth-order valence-corrected chi connectivity index (χ4v) is 3.51. The van der Waals surface area contributed by atoms with Crippen molar-refractivity contribution in [1.29, 1.82) is 0 Å². The fraction of sp³-hybridized carbons (Fsp3) is 0.696. The van der Waals surface area contributed by atoms with Crippen LogP contribution in [0.15, 0.2) is 12.5 Å². The van der Waals surface area contributed by atoms with Gasteiger partial charge in [-0.05, 0) is 44.1 Å². The van der Waals surface area contributed by atoms with E-state index in [0.717, 1.165) is 0 Å². The van der Waals surface area contributed by atoms with Gasteiger partial charge < -0.3 is 37.5 Å². The lowest BCUT2D eigenvalue weighted by molar-refractivity contribution is -0.142. The molecule has 0 aliphatic heterocycles. The van der Waals surface area contributed by atoms with Gasteiger partial charge in [0, 0.05) is 18.3 Å². The molecular weight excluding hydrogens is 454 g/mol. The number of carbonyl (C=O) groups is 4. The summed E-state index contributed by atoms with van der Waals surface area (Å²) in [4.78, 5) is 57.0. The second kappa shape index (κ2) is 15.1. The summed E-state index contributed by atoms with van der Waals surface area (Å²) in [6, 6.07) is -3.88. The number of aromatic amines is 1. The van der Waals surface area contributed by atoms with Gasteiger partial charge in [0.1, 0.15) is 18.1 Å². The molecule has 4 unspecified atom stereocenters. The molecule has 0 saturated carbocycles. The van der Waals surface area contributed by atoms with Gasteiger partial charge in [-0.15, -0.1) is 0 Å². The Kier molecular flexibility index (Phi) is 13.0. The van der Waals surface area contributed by atoms with Gasteiger partial charge in [0.15, 0.2) is 0 Å². The van der Waals surface area contributed by atoms with E-state index in [0.29, 0.717) is 31.5 Å². The predicted molar refractivity (Wildman–Crippen MR) is 131 cm³/mol. The average molecular weight is 496 g/mol. The minimum Gasteiger partial charge on any atom is -0.480 e. The van der Waals surface area contributed by atoms with Gasteiger partial charge in [0.25, 0.3) is 0 Å². The number of aromatic nitrogens is 2. The minimum absolute atomic E-state index is 0.0430. The molecule has 35 heavy (non-hydrogen) atoms. The lowest BCUT2D eigenvalue weighted by Gasteiger charge is -2.27. The average Bonchev–Trinajstić information content (AvgIpc) is 3.28. The van der Waals surface area contributed by atoms with Crippen LogP contribution in [0.2, 0.25) is 0 Å². The number of carboxylic acid groups (broad SMARTS) is 1. The minimum atomic E-state index is -1.15. The molecule has 1 heterocycles. The van der Waals surface area contributed by atoms with Crippen LogP contribution < -0.4 is 27.4 Å². The number of H-pyrrole nitrogens is 1. The lowest BCUT2D eigenvalue weighted by atomic mass is 9.99. The normalized spacial score (nSPS) is 14.7. The third-order valence-electron chi connectivity index (χ3n) is 5.48. The van der Waals surface area contributed by atoms with Crippen LogP contribution in [0.25, 0.3) is 0 Å². The Labute approximate surface area is 206 Å². The van der Waals surface area contributed by atoms with E-state index in [4.69, 9.17) is 11.5 Å². The summed E-state index contributed by atoms with van der Waals surface area (Å²) >= 11 is 0. The molecule has 0 aliphatic rings. The van der Waals surface area contributed by atoms with Crippen molar-refractivity contribution in [2.24, 2.45) is 23.3 Å². The molecule has 198 valence electrons. The Hall–Kier alpha value is -2.99. The summed E-state index contributed by atoms with van der Waals surface area (Å²) in [5.74, 6) is -3.03. The highest BCUT2D eigenvalue weighted by Gasteiger charge is 2.32. The van der Waals surface area contributed by atoms with Gasteiger partial charge in [-0.1, -0.05) is 27.7 Å². The van der Waals surface area contributed by atoms with Crippen molar-refractivity contribution in [3.8, 4) is 0 Å². The van der Waals surface area contributed by atoms with Crippen LogP contribution in [0.1, 0.15) is 59.1 Å². The molecular formula is C23H41N7O5. The Bertz CT molecular complexity index is 813. The number of hydrogen-bond donors (Lipinski definition) is 7. The molecule has 0 spiro atoms. The number of carbonyl (C=O) groups excluding carboxylic acids is 3. The van der Waals surface area contributed by atoms with Crippen molar-refractivity contribution >= 4 is 23.7 Å². The Balaban J connectivity index is 2.87. The second-order valence-corrected chi connectivity index (χ2v) is 9.49. The smallest absolute Gasteiger partial charge is 0.326 e. The van der Waals surface area contributed by atoms with Gasteiger partial charge in [-0.25, -0.2) is 9.78 Å². The van der Waals surface area contributed by atoms with Gasteiger partial charge in [-0.2, -0.15) is 0 Å². The summed E-state index contributed by atoms with van der Waals surface area (Å²) < 4.78 is 0. The van der Waals surface area contributed by atoms with E-state index in [1.165, 1.54) is 6.33 Å². The Morgan fingerprint density at radius 3 is 2.17 bits per heavy atom. The van der Waals surface area contributed by atoms with E-state index in [1.54, 1.807) is 20.0 Å². The van der Waals surface area contributed by atoms with Crippen LogP contribution >= 0.6 is 0 Å². The van der Waals surface area contributed by atoms with Crippen LogP contribution in [0.5, 0.6) is 0 Å². The largest absolute Gasteiger partial charge is 0.480 e. The summed E-state index contributed by atoms with van der Waals surface area (Å²) in [7, 11) is 0. The Morgan fingerprint density at radius 1 is 1.00 bits per heavy atom. The molecule has 1 aromatic rings. The van der Waals surface area contributed by atoms with Crippen molar-refractivity contribution in [2.45, 2.75) is 84.0 Å². The fourth-order valence-electron chi connectivity index (χ4n) is 3.51. The number of nitrogens with one attached hydrogen (secondary N) is 4. The van der Waals surface area contributed by atoms with Crippen LogP contribution in [0.3, 0.4) is 0 Å². The van der Waals surface area contributed by atoms with E-state index >= 15 is 0 Å². The molecule has 0 radical (unpaired) electrons. The van der Waals surface area contributed by atoms with Gasteiger partial charge in [0.2, 0.25) is 17.7 Å². The van der Waals surface area contributed by atoms with Gasteiger partial charge in [0.05, 0.1) is 12.4 Å². The van der Waals surface area contributed by atoms with Crippen molar-refractivity contribution in [1.82, 2.24) is 25.9 Å². The number of rotatable bonds is 16. The standard InChI is InChI=1S/C23H41N7O5/c1-13(2)9-18(21(32)28-17(23(34)35)7-5-6-8-24)29-22(33)19(14(3)4)30-20(31)16(25)10-15-11-26-12-27-15/h11-14,16-19H,5-10,24-25H2,1-4H3,(H,26,27)(H,28,32)(H,29,33)(H,30,31)(H,34,35). The van der Waals surface area contributed by atoms with Crippen LogP contribution in [-0.4, -0.2) is 69.5 Å². The molecule has 4 atom stereocenters. The number of unbranched alkanes of at least 4 members (excludes halogenated alkanes) is 1. The molecule has 0 aliphatic carbocycles. The monoisotopic (exact) mass is 495 g/mol. The summed E-state index contributed by atoms with van der Waals surface area (Å²) in [6.45, 7) is 7.73. The van der Waals surface area contributed by atoms with E-state index in [-0.39, 0.29) is 24.7 Å². The molecule has 0 bridgehead atoms. The number of hydrogen-bond acceptors (Lipinski definition) is 7. The van der Waals surface area contributed by atoms with Crippen molar-refractivity contribution in [2.75, 3.05) is 6.54 Å². The van der Waals surface area contributed by atoms with Crippen LogP contribution in [0.4, 0.5) is 0 Å². The van der Waals surface area contributed by atoms with E-state index < -0.39 is 47.9 Å². The highest BCUT2D eigenvalue weighted by molar-refractivity contribution is 5.94. The first kappa shape index (κ1) is 30.0. The van der Waals surface area contributed by atoms with Crippen molar-refractivity contribution in [3.05, 3.63) is 18.2 Å². The maximum Gasteiger partial charge on any atom is 0.326 e. The van der Waals surface area contributed by atoms with Crippen LogP contribution in [-0.2, 0) is 25.6 Å². The zero-order chi connectivity index (χ0) is 26.5. The second-order valence-electron chi connectivity index (χ2n) is 9.49. The SMILES string of the molecule is CC(C)CC(NC(=O)C(NC(=O)C(N)Cc1cnc[nH]1)C(C)C)C(=O)NC(CCCCN)C(=O)O. The molecule has 0 fully saturated rings. The lowest BCUT2D eigenvalue weighted by Crippen LogP contribution is -2.58. The zero-order valence-corrected chi connectivity index (χ0v) is 21.0. The first-order chi connectivity index (χ1) is 16.5. The van der Waals surface area contributed by atoms with Crippen molar-refractivity contribution in [3.63, 3.8) is 0 Å². The number of nitrogens with two attached hydrogens (primary N) is 2. The molecule has 12 heteroatoms. The number of aliphatic carboxylic acids is 1. The molecule has 1 rings (SSSR count). The highest BCUT2D eigenvalue weighted by atomic mass is 16.4. The quantitative estimate of drug-likeness (QED) is 0.150. The third kappa shape index (κ3) is 10.9. The molecule has 12 nitrogen and oxygen atoms in total. The van der Waals surface area contributed by atoms with E-state index in [1.807, 2.05) is 13.8 Å². The highest BCUT2D eigenvalue weighted by Crippen LogP contribution is 2.10. The molecule has 9 N–H and O–H groups in total. The zero-order valence-electron chi connectivity index (χ0n) is 21.0. The topological polar surface area (TPSA) is 205 Å². The third-order valence-corrected chi connectivity index (χ3v) is 5.48. The van der Waals surface area contributed by atoms with E-state index in [2.05, 4.69) is 25.9 Å². The molecule has 0 saturated heterocycles. The van der Waals surface area contributed by atoms with Gasteiger partial charge in [-0.3, -0.25) is 14.4 Å². The summed E-state index contributed by atoms with van der Waals surface area (Å²) in [6.07, 6.45) is 4.99. The summed E-state index contributed by atoms with van der Waals surface area (Å²) in [5.41, 5.74) is 12.1. The number of carboxylic acids is 1. The number of imidazole rings is 1. The predicted octanol–water partition coefficient (Wildman–Crippen LogP) is -0.350. The summed E-state index contributed by atoms with van der Waals surface area (Å²) in [5, 5.41) is 17.4. The maximum absolute atomic E-state index is 13.1. The first-order valence-corrected chi connectivity index (χ1v) is 12.0. The van der Waals surface area contributed by atoms with Crippen molar-refractivity contribution < 1.29 is 24.3 Å². The molecule has 3 amide bonds. The van der Waals surface area contributed by atoms with E-state index in [9.17, 15) is 24.3 Å². The maximum atomic E-state index is 13.1. The van der Waals surface area contributed by atoms with Crippen LogP contribution in [0, 0.1) is 11.8 Å². The number of nitrogens with zero attached hydrogens (tertiary/aromatic N) is 1. The molecule has 0 aromatic carbocycles.